The van der Waals surface area contributed by atoms with Gasteiger partial charge in [0, 0.05) is 0 Å². The van der Waals surface area contributed by atoms with Crippen molar-refractivity contribution in [3.8, 4) is 0 Å². The molecule has 0 heterocycles. The highest BCUT2D eigenvalue weighted by Crippen LogP contribution is 2.26. The Kier molecular flexibility index (Phi) is 2.66. The largest absolute Gasteiger partial charge is 0.301 e. The number of carbonyl (C=O) groups excluding carboxylic acids is 1. The fourth-order valence-corrected chi connectivity index (χ4v) is 0.986. The minimum atomic E-state index is -1.30. The van der Waals surface area contributed by atoms with Crippen LogP contribution in [-0.2, 0) is 9.67 Å². The van der Waals surface area contributed by atoms with E-state index in [1.807, 2.05) is 0 Å². The summed E-state index contributed by atoms with van der Waals surface area (Å²) in [6, 6.07) is 3.13. The third kappa shape index (κ3) is 2.04. The van der Waals surface area contributed by atoms with Gasteiger partial charge in [-0.25, -0.2) is 8.78 Å². The Morgan fingerprint density at radius 1 is 1.38 bits per heavy atom. The molecule has 0 bridgehead atoms. The van der Waals surface area contributed by atoms with E-state index in [9.17, 15) is 13.6 Å². The summed E-state index contributed by atoms with van der Waals surface area (Å²) < 4.78 is 25.2. The standard InChI is InChI=1S/C9H7ClF2O/c1-9(10,5-13)6-2-3-7(11)8(12)4-6/h2-5H,1H3. The Balaban J connectivity index is 3.18. The number of halogens is 3. The molecule has 0 N–H and O–H groups in total. The first kappa shape index (κ1) is 10.1. The van der Waals surface area contributed by atoms with E-state index in [4.69, 9.17) is 11.6 Å². The molecule has 1 unspecified atom stereocenters. The fraction of sp³-hybridized carbons (Fsp3) is 0.222. The first-order chi connectivity index (χ1) is 5.97. The van der Waals surface area contributed by atoms with Crippen molar-refractivity contribution < 1.29 is 13.6 Å². The molecule has 0 aliphatic rings. The molecule has 0 saturated heterocycles. The van der Waals surface area contributed by atoms with Gasteiger partial charge in [-0.05, 0) is 24.6 Å². The first-order valence-electron chi connectivity index (χ1n) is 3.58. The summed E-state index contributed by atoms with van der Waals surface area (Å²) in [6.45, 7) is 1.41. The van der Waals surface area contributed by atoms with E-state index in [1.54, 1.807) is 0 Å². The Bertz CT molecular complexity index is 336. The van der Waals surface area contributed by atoms with Crippen molar-refractivity contribution in [3.05, 3.63) is 35.4 Å². The van der Waals surface area contributed by atoms with Crippen LogP contribution in [0.25, 0.3) is 0 Å². The van der Waals surface area contributed by atoms with E-state index in [-0.39, 0.29) is 5.56 Å². The van der Waals surface area contributed by atoms with E-state index in [0.717, 1.165) is 12.1 Å². The van der Waals surface area contributed by atoms with Crippen molar-refractivity contribution in [1.82, 2.24) is 0 Å². The molecule has 0 saturated carbocycles. The minimum Gasteiger partial charge on any atom is -0.301 e. The second-order valence-corrected chi connectivity index (χ2v) is 3.61. The fourth-order valence-electron chi connectivity index (χ4n) is 0.868. The molecule has 1 rings (SSSR count). The first-order valence-corrected chi connectivity index (χ1v) is 3.96. The molecule has 70 valence electrons. The molecular formula is C9H7ClF2O. The molecule has 1 aromatic rings. The molecule has 4 heteroatoms. The van der Waals surface area contributed by atoms with Crippen molar-refractivity contribution in [2.45, 2.75) is 11.8 Å². The number of hydrogen-bond acceptors (Lipinski definition) is 1. The number of benzene rings is 1. The second kappa shape index (κ2) is 3.42. The van der Waals surface area contributed by atoms with Gasteiger partial charge in [0.25, 0.3) is 0 Å². The maximum atomic E-state index is 12.7. The highest BCUT2D eigenvalue weighted by atomic mass is 35.5. The van der Waals surface area contributed by atoms with Crippen molar-refractivity contribution in [2.75, 3.05) is 0 Å². The maximum absolute atomic E-state index is 12.7. The minimum absolute atomic E-state index is 0.239. The zero-order chi connectivity index (χ0) is 10.1. The van der Waals surface area contributed by atoms with Gasteiger partial charge in [-0.15, -0.1) is 11.6 Å². The summed E-state index contributed by atoms with van der Waals surface area (Å²) in [5.41, 5.74) is 0.239. The monoisotopic (exact) mass is 204 g/mol. The molecule has 0 spiro atoms. The van der Waals surface area contributed by atoms with Gasteiger partial charge < -0.3 is 4.79 Å². The summed E-state index contributed by atoms with van der Waals surface area (Å²) >= 11 is 5.71. The van der Waals surface area contributed by atoms with Gasteiger partial charge in [0.2, 0.25) is 0 Å². The highest BCUT2D eigenvalue weighted by Gasteiger charge is 2.23. The van der Waals surface area contributed by atoms with E-state index >= 15 is 0 Å². The van der Waals surface area contributed by atoms with Crippen LogP contribution >= 0.6 is 11.6 Å². The van der Waals surface area contributed by atoms with Crippen LogP contribution < -0.4 is 0 Å². The lowest BCUT2D eigenvalue weighted by atomic mass is 10.0. The molecule has 1 aromatic carbocycles. The number of alkyl halides is 1. The zero-order valence-electron chi connectivity index (χ0n) is 6.85. The maximum Gasteiger partial charge on any atom is 0.159 e. The normalized spacial score (nSPS) is 15.1. The van der Waals surface area contributed by atoms with E-state index in [1.165, 1.54) is 13.0 Å². The molecule has 0 aliphatic carbocycles. The van der Waals surface area contributed by atoms with Crippen molar-refractivity contribution in [1.29, 1.82) is 0 Å². The molecule has 0 radical (unpaired) electrons. The van der Waals surface area contributed by atoms with E-state index in [2.05, 4.69) is 0 Å². The molecular weight excluding hydrogens is 198 g/mol. The summed E-state index contributed by atoms with van der Waals surface area (Å²) in [5.74, 6) is -1.96. The Hall–Kier alpha value is -0.960. The van der Waals surface area contributed by atoms with Crippen LogP contribution in [-0.4, -0.2) is 6.29 Å². The highest BCUT2D eigenvalue weighted by molar-refractivity contribution is 6.31. The van der Waals surface area contributed by atoms with Gasteiger partial charge in [-0.2, -0.15) is 0 Å². The third-order valence-electron chi connectivity index (χ3n) is 1.71. The Labute approximate surface area is 79.3 Å². The van der Waals surface area contributed by atoms with Crippen molar-refractivity contribution >= 4 is 17.9 Å². The summed E-state index contributed by atoms with van der Waals surface area (Å²) in [4.78, 5) is 9.18. The smallest absolute Gasteiger partial charge is 0.159 e. The van der Waals surface area contributed by atoms with E-state index < -0.39 is 16.5 Å². The van der Waals surface area contributed by atoms with Crippen LogP contribution in [0.4, 0.5) is 8.78 Å². The lowest BCUT2D eigenvalue weighted by Gasteiger charge is -2.14. The number of hydrogen-bond donors (Lipinski definition) is 0. The molecule has 1 nitrogen and oxygen atoms in total. The van der Waals surface area contributed by atoms with Crippen LogP contribution in [0.3, 0.4) is 0 Å². The number of rotatable bonds is 2. The van der Waals surface area contributed by atoms with Crippen molar-refractivity contribution in [2.24, 2.45) is 0 Å². The van der Waals surface area contributed by atoms with Crippen LogP contribution in [0.5, 0.6) is 0 Å². The third-order valence-corrected chi connectivity index (χ3v) is 2.01. The lowest BCUT2D eigenvalue weighted by Crippen LogP contribution is -2.15. The quantitative estimate of drug-likeness (QED) is 0.535. The van der Waals surface area contributed by atoms with Gasteiger partial charge in [-0.3, -0.25) is 0 Å². The predicted molar refractivity (Wildman–Crippen MR) is 45.6 cm³/mol. The molecule has 13 heavy (non-hydrogen) atoms. The van der Waals surface area contributed by atoms with Gasteiger partial charge in [0.05, 0.1) is 0 Å². The van der Waals surface area contributed by atoms with Crippen molar-refractivity contribution in [3.63, 3.8) is 0 Å². The predicted octanol–water partition coefficient (Wildman–Crippen LogP) is 2.62. The van der Waals surface area contributed by atoms with E-state index in [0.29, 0.717) is 6.29 Å². The Morgan fingerprint density at radius 2 is 2.00 bits per heavy atom. The number of aldehydes is 1. The second-order valence-electron chi connectivity index (χ2n) is 2.82. The van der Waals surface area contributed by atoms with Crippen LogP contribution in [0.1, 0.15) is 12.5 Å². The topological polar surface area (TPSA) is 17.1 Å². The zero-order valence-corrected chi connectivity index (χ0v) is 7.61. The van der Waals surface area contributed by atoms with Gasteiger partial charge in [0.1, 0.15) is 11.2 Å². The van der Waals surface area contributed by atoms with Crippen LogP contribution in [0, 0.1) is 11.6 Å². The van der Waals surface area contributed by atoms with Crippen LogP contribution in [0.15, 0.2) is 18.2 Å². The SMILES string of the molecule is CC(Cl)(C=O)c1ccc(F)c(F)c1. The summed E-state index contributed by atoms with van der Waals surface area (Å²) in [7, 11) is 0. The number of carbonyl (C=O) groups is 1. The average Bonchev–Trinajstić information content (AvgIpc) is 2.09. The van der Waals surface area contributed by atoms with Gasteiger partial charge in [-0.1, -0.05) is 6.07 Å². The summed E-state index contributed by atoms with van der Waals surface area (Å²) in [6.07, 6.45) is 0.473. The molecule has 1 atom stereocenters. The molecule has 0 aromatic heterocycles. The molecule has 0 amide bonds. The lowest BCUT2D eigenvalue weighted by molar-refractivity contribution is -0.109. The summed E-state index contributed by atoms with van der Waals surface area (Å²) in [5, 5.41) is 0. The Morgan fingerprint density at radius 3 is 2.46 bits per heavy atom. The average molecular weight is 205 g/mol. The molecule has 0 aliphatic heterocycles. The van der Waals surface area contributed by atoms with Gasteiger partial charge >= 0.3 is 0 Å². The molecule has 0 fully saturated rings. The van der Waals surface area contributed by atoms with Crippen LogP contribution in [0.2, 0.25) is 0 Å². The van der Waals surface area contributed by atoms with Gasteiger partial charge in [0.15, 0.2) is 11.6 Å².